The van der Waals surface area contributed by atoms with Crippen LogP contribution in [0.15, 0.2) is 0 Å². The van der Waals surface area contributed by atoms with E-state index in [4.69, 9.17) is 11.6 Å². The van der Waals surface area contributed by atoms with E-state index in [1.807, 2.05) is 27.7 Å². The molecule has 0 saturated carbocycles. The van der Waals surface area contributed by atoms with E-state index in [9.17, 15) is 4.79 Å². The molecule has 0 atom stereocenters. The SMILES string of the molecule is CCCNC(=O)c1sc(-n2nc(C)c(Cl)c2C)nc1C. The van der Waals surface area contributed by atoms with Crippen LogP contribution < -0.4 is 5.32 Å². The number of aryl methyl sites for hydroxylation is 2. The average Bonchev–Trinajstić information content (AvgIpc) is 2.92. The standard InChI is InChI=1S/C13H17ClN4OS/c1-5-6-15-12(19)11-8(3)16-13(20-11)18-9(4)10(14)7(2)17-18/h5-6H2,1-4H3,(H,15,19). The number of rotatable bonds is 4. The van der Waals surface area contributed by atoms with Crippen LogP contribution in [-0.2, 0) is 0 Å². The van der Waals surface area contributed by atoms with E-state index in [1.165, 1.54) is 11.3 Å². The van der Waals surface area contributed by atoms with Gasteiger partial charge in [-0.2, -0.15) is 5.10 Å². The van der Waals surface area contributed by atoms with Crippen LogP contribution in [-0.4, -0.2) is 27.2 Å². The molecular formula is C13H17ClN4OS. The molecule has 20 heavy (non-hydrogen) atoms. The predicted octanol–water partition coefficient (Wildman–Crippen LogP) is 3.05. The zero-order valence-corrected chi connectivity index (χ0v) is 13.5. The molecule has 0 fully saturated rings. The van der Waals surface area contributed by atoms with Crippen molar-refractivity contribution in [3.8, 4) is 5.13 Å². The van der Waals surface area contributed by atoms with Gasteiger partial charge in [-0.15, -0.1) is 0 Å². The lowest BCUT2D eigenvalue weighted by Gasteiger charge is -2.00. The molecule has 2 rings (SSSR count). The van der Waals surface area contributed by atoms with Gasteiger partial charge in [0.15, 0.2) is 0 Å². The highest BCUT2D eigenvalue weighted by Crippen LogP contribution is 2.26. The molecule has 0 saturated heterocycles. The van der Waals surface area contributed by atoms with E-state index in [2.05, 4.69) is 15.4 Å². The summed E-state index contributed by atoms with van der Waals surface area (Å²) in [6.07, 6.45) is 0.906. The van der Waals surface area contributed by atoms with Gasteiger partial charge < -0.3 is 5.32 Å². The fraction of sp³-hybridized carbons (Fsp3) is 0.462. The maximum absolute atomic E-state index is 12.0. The molecule has 1 amide bonds. The van der Waals surface area contributed by atoms with Gasteiger partial charge in [-0.25, -0.2) is 9.67 Å². The molecule has 1 N–H and O–H groups in total. The molecule has 0 aliphatic rings. The third kappa shape index (κ3) is 2.71. The molecule has 2 heterocycles. The van der Waals surface area contributed by atoms with Crippen LogP contribution in [0, 0.1) is 20.8 Å². The Morgan fingerprint density at radius 1 is 1.35 bits per heavy atom. The lowest BCUT2D eigenvalue weighted by Crippen LogP contribution is -2.23. The Morgan fingerprint density at radius 3 is 2.60 bits per heavy atom. The number of amides is 1. The van der Waals surface area contributed by atoms with Gasteiger partial charge in [-0.1, -0.05) is 29.9 Å². The molecule has 5 nitrogen and oxygen atoms in total. The van der Waals surface area contributed by atoms with Gasteiger partial charge in [0, 0.05) is 6.54 Å². The normalized spacial score (nSPS) is 10.8. The van der Waals surface area contributed by atoms with Crippen molar-refractivity contribution in [2.24, 2.45) is 0 Å². The first-order valence-corrected chi connectivity index (χ1v) is 7.62. The van der Waals surface area contributed by atoms with Crippen molar-refractivity contribution in [1.29, 1.82) is 0 Å². The second-order valence-corrected chi connectivity index (χ2v) is 5.92. The van der Waals surface area contributed by atoms with Gasteiger partial charge in [0.05, 0.1) is 22.1 Å². The fourth-order valence-corrected chi connectivity index (χ4v) is 2.92. The summed E-state index contributed by atoms with van der Waals surface area (Å²) in [4.78, 5) is 17.1. The molecule has 0 radical (unpaired) electrons. The number of carbonyl (C=O) groups is 1. The molecule has 2 aromatic heterocycles. The number of hydrogen-bond donors (Lipinski definition) is 1. The average molecular weight is 313 g/mol. The summed E-state index contributed by atoms with van der Waals surface area (Å²) in [5.41, 5.74) is 2.30. The minimum Gasteiger partial charge on any atom is -0.351 e. The molecule has 2 aromatic rings. The van der Waals surface area contributed by atoms with Gasteiger partial charge in [0.1, 0.15) is 4.88 Å². The first-order valence-electron chi connectivity index (χ1n) is 6.43. The van der Waals surface area contributed by atoms with E-state index in [0.717, 1.165) is 17.8 Å². The van der Waals surface area contributed by atoms with Crippen molar-refractivity contribution >= 4 is 28.8 Å². The van der Waals surface area contributed by atoms with E-state index >= 15 is 0 Å². The summed E-state index contributed by atoms with van der Waals surface area (Å²) in [6.45, 7) is 8.24. The first-order chi connectivity index (χ1) is 9.45. The first kappa shape index (κ1) is 15.0. The smallest absolute Gasteiger partial charge is 0.263 e. The highest BCUT2D eigenvalue weighted by molar-refractivity contribution is 7.16. The number of halogens is 1. The van der Waals surface area contributed by atoms with Gasteiger partial charge >= 0.3 is 0 Å². The monoisotopic (exact) mass is 312 g/mol. The Labute approximate surface area is 127 Å². The largest absolute Gasteiger partial charge is 0.351 e. The van der Waals surface area contributed by atoms with Crippen molar-refractivity contribution in [3.05, 3.63) is 27.0 Å². The van der Waals surface area contributed by atoms with E-state index in [-0.39, 0.29) is 5.91 Å². The van der Waals surface area contributed by atoms with Crippen molar-refractivity contribution in [3.63, 3.8) is 0 Å². The summed E-state index contributed by atoms with van der Waals surface area (Å²) in [5, 5.41) is 8.52. The van der Waals surface area contributed by atoms with Crippen LogP contribution in [0.1, 0.15) is 40.1 Å². The van der Waals surface area contributed by atoms with Crippen molar-refractivity contribution in [2.45, 2.75) is 34.1 Å². The summed E-state index contributed by atoms with van der Waals surface area (Å²) < 4.78 is 1.69. The quantitative estimate of drug-likeness (QED) is 0.944. The van der Waals surface area contributed by atoms with Gasteiger partial charge in [-0.05, 0) is 27.2 Å². The Bertz CT molecular complexity index is 647. The summed E-state index contributed by atoms with van der Waals surface area (Å²) >= 11 is 7.47. The Balaban J connectivity index is 2.36. The molecule has 0 aromatic carbocycles. The number of nitrogens with one attached hydrogen (secondary N) is 1. The third-order valence-electron chi connectivity index (χ3n) is 2.91. The highest BCUT2D eigenvalue weighted by Gasteiger charge is 2.19. The lowest BCUT2D eigenvalue weighted by atomic mass is 10.3. The number of nitrogens with zero attached hydrogens (tertiary/aromatic N) is 3. The minimum absolute atomic E-state index is 0.0827. The second-order valence-electron chi connectivity index (χ2n) is 4.56. The fourth-order valence-electron chi connectivity index (χ4n) is 1.81. The van der Waals surface area contributed by atoms with Crippen LogP contribution in [0.5, 0.6) is 0 Å². The zero-order valence-electron chi connectivity index (χ0n) is 12.0. The number of carbonyl (C=O) groups excluding carboxylic acids is 1. The summed E-state index contributed by atoms with van der Waals surface area (Å²) in [6, 6.07) is 0. The molecule has 108 valence electrons. The maximum atomic E-state index is 12.0. The summed E-state index contributed by atoms with van der Waals surface area (Å²) in [7, 11) is 0. The van der Waals surface area contributed by atoms with Crippen LogP contribution in [0.2, 0.25) is 5.02 Å². The van der Waals surface area contributed by atoms with Crippen molar-refractivity contribution < 1.29 is 4.79 Å². The van der Waals surface area contributed by atoms with Crippen LogP contribution in [0.3, 0.4) is 0 Å². The topological polar surface area (TPSA) is 59.8 Å². The Kier molecular flexibility index (Phi) is 4.45. The minimum atomic E-state index is -0.0827. The van der Waals surface area contributed by atoms with E-state index in [1.54, 1.807) is 4.68 Å². The molecule has 0 unspecified atom stereocenters. The number of hydrogen-bond acceptors (Lipinski definition) is 4. The Morgan fingerprint density at radius 2 is 2.05 bits per heavy atom. The predicted molar refractivity (Wildman–Crippen MR) is 81.1 cm³/mol. The molecule has 0 spiro atoms. The van der Waals surface area contributed by atoms with Crippen LogP contribution in [0.25, 0.3) is 5.13 Å². The van der Waals surface area contributed by atoms with Gasteiger partial charge in [-0.3, -0.25) is 4.79 Å². The second kappa shape index (κ2) is 5.93. The van der Waals surface area contributed by atoms with E-state index in [0.29, 0.717) is 27.3 Å². The van der Waals surface area contributed by atoms with Gasteiger partial charge in [0.25, 0.3) is 5.91 Å². The number of aromatic nitrogens is 3. The van der Waals surface area contributed by atoms with Crippen molar-refractivity contribution in [1.82, 2.24) is 20.1 Å². The van der Waals surface area contributed by atoms with Crippen LogP contribution in [0.4, 0.5) is 0 Å². The molecule has 0 aliphatic heterocycles. The zero-order chi connectivity index (χ0) is 14.9. The lowest BCUT2D eigenvalue weighted by molar-refractivity contribution is 0.0957. The number of thiazole rings is 1. The molecular weight excluding hydrogens is 296 g/mol. The van der Waals surface area contributed by atoms with E-state index < -0.39 is 0 Å². The highest BCUT2D eigenvalue weighted by atomic mass is 35.5. The molecule has 0 bridgehead atoms. The maximum Gasteiger partial charge on any atom is 0.263 e. The van der Waals surface area contributed by atoms with Crippen molar-refractivity contribution in [2.75, 3.05) is 6.54 Å². The third-order valence-corrected chi connectivity index (χ3v) is 4.59. The molecule has 0 aliphatic carbocycles. The van der Waals surface area contributed by atoms with Gasteiger partial charge in [0.2, 0.25) is 5.13 Å². The molecule has 7 heteroatoms. The summed E-state index contributed by atoms with van der Waals surface area (Å²) in [5.74, 6) is -0.0827. The Hall–Kier alpha value is -1.40. The van der Waals surface area contributed by atoms with Crippen LogP contribution >= 0.6 is 22.9 Å².